The Hall–Kier alpha value is -6.62. The molecule has 0 bridgehead atoms. The second-order valence-electron chi connectivity index (χ2n) is 13.6. The molecule has 1 aliphatic heterocycles. The molecule has 0 N–H and O–H groups in total. The van der Waals surface area contributed by atoms with Crippen molar-refractivity contribution in [1.82, 2.24) is 0 Å². The summed E-state index contributed by atoms with van der Waals surface area (Å²) in [7, 11) is 0. The molecular formula is C49H30N2OS. The molecule has 8 aromatic carbocycles. The molecule has 1 aliphatic rings. The number of amidine groups is 1. The third-order valence-corrected chi connectivity index (χ3v) is 11.8. The molecule has 11 rings (SSSR count). The number of allylic oxidation sites excluding steroid dienone is 1. The van der Waals surface area contributed by atoms with Crippen LogP contribution in [0.15, 0.2) is 184 Å². The van der Waals surface area contributed by atoms with Crippen LogP contribution in [0.1, 0.15) is 23.1 Å². The van der Waals surface area contributed by atoms with Gasteiger partial charge in [0.2, 0.25) is 0 Å². The van der Waals surface area contributed by atoms with E-state index in [9.17, 15) is 0 Å². The van der Waals surface area contributed by atoms with Crippen LogP contribution >= 0.6 is 11.3 Å². The first kappa shape index (κ1) is 30.0. The maximum absolute atomic E-state index is 6.66. The molecule has 0 fully saturated rings. The lowest BCUT2D eigenvalue weighted by atomic mass is 9.95. The van der Waals surface area contributed by atoms with Crippen LogP contribution in [0.25, 0.3) is 80.5 Å². The summed E-state index contributed by atoms with van der Waals surface area (Å²) in [6.45, 7) is 0. The van der Waals surface area contributed by atoms with Crippen LogP contribution in [0, 0.1) is 0 Å². The maximum atomic E-state index is 6.66. The van der Waals surface area contributed by atoms with Gasteiger partial charge < -0.3 is 4.42 Å². The highest BCUT2D eigenvalue weighted by molar-refractivity contribution is 7.26. The fraction of sp³-hybridized carbons (Fsp3) is 0.0204. The Morgan fingerprint density at radius 3 is 2.11 bits per heavy atom. The van der Waals surface area contributed by atoms with Crippen molar-refractivity contribution in [3.05, 3.63) is 187 Å². The van der Waals surface area contributed by atoms with Crippen molar-refractivity contribution in [1.29, 1.82) is 0 Å². The molecule has 2 aromatic heterocycles. The van der Waals surface area contributed by atoms with Crippen molar-refractivity contribution in [2.24, 2.45) is 9.98 Å². The lowest BCUT2D eigenvalue weighted by Gasteiger charge is -2.12. The van der Waals surface area contributed by atoms with Gasteiger partial charge >= 0.3 is 0 Å². The van der Waals surface area contributed by atoms with Crippen LogP contribution in [-0.4, -0.2) is 11.5 Å². The van der Waals surface area contributed by atoms with E-state index in [1.807, 2.05) is 17.4 Å². The normalized spacial score (nSPS) is 13.5. The third kappa shape index (κ3) is 4.87. The van der Waals surface area contributed by atoms with E-state index in [2.05, 4.69) is 164 Å². The standard InChI is InChI=1S/C49H30N2OS/c1-2-12-30(13-3-1)42-26-27-43(41-28-31-14-4-5-15-33(31)35-16-6-7-17-36(35)41)51-49(50-42)40-21-11-22-44-47(40)39-25-24-32(29-45(39)52-44)34-19-10-20-38-37-18-8-9-23-46(37)53-48(34)38/h1-25,27-29H,26H2. The molecular weight excluding hydrogens is 665 g/mol. The van der Waals surface area contributed by atoms with E-state index < -0.39 is 0 Å². The highest BCUT2D eigenvalue weighted by Gasteiger charge is 2.21. The zero-order valence-corrected chi connectivity index (χ0v) is 29.4. The maximum Gasteiger partial charge on any atom is 0.160 e. The average molecular weight is 695 g/mol. The number of nitrogens with zero attached hydrogens (tertiary/aromatic N) is 2. The van der Waals surface area contributed by atoms with E-state index >= 15 is 0 Å². The molecule has 0 aliphatic carbocycles. The number of rotatable bonds is 4. The Morgan fingerprint density at radius 2 is 1.21 bits per heavy atom. The van der Waals surface area contributed by atoms with Crippen molar-refractivity contribution in [2.45, 2.75) is 6.42 Å². The Balaban J connectivity index is 1.11. The van der Waals surface area contributed by atoms with Gasteiger partial charge in [-0.3, -0.25) is 0 Å². The van der Waals surface area contributed by atoms with Crippen molar-refractivity contribution in [2.75, 3.05) is 0 Å². The number of aliphatic imine (C=N–C) groups is 2. The lowest BCUT2D eigenvalue weighted by molar-refractivity contribution is 0.669. The smallest absolute Gasteiger partial charge is 0.160 e. The second kappa shape index (κ2) is 12.0. The average Bonchev–Trinajstić information content (AvgIpc) is 3.71. The van der Waals surface area contributed by atoms with Crippen molar-refractivity contribution >= 4 is 92.2 Å². The highest BCUT2D eigenvalue weighted by Crippen LogP contribution is 2.42. The van der Waals surface area contributed by atoms with Gasteiger partial charge in [0.1, 0.15) is 11.2 Å². The van der Waals surface area contributed by atoms with Crippen molar-refractivity contribution in [3.63, 3.8) is 0 Å². The number of hydrogen-bond acceptors (Lipinski definition) is 4. The third-order valence-electron chi connectivity index (χ3n) is 10.6. The van der Waals surface area contributed by atoms with E-state index in [4.69, 9.17) is 14.4 Å². The first-order valence-corrected chi connectivity index (χ1v) is 18.8. The Kier molecular flexibility index (Phi) is 6.79. The monoisotopic (exact) mass is 694 g/mol. The minimum atomic E-state index is 0.655. The lowest BCUT2D eigenvalue weighted by Crippen LogP contribution is -2.05. The molecule has 248 valence electrons. The Bertz CT molecular complexity index is 3200. The largest absolute Gasteiger partial charge is 0.456 e. The summed E-state index contributed by atoms with van der Waals surface area (Å²) < 4.78 is 9.26. The Labute approximate surface area is 309 Å². The number of benzene rings is 8. The van der Waals surface area contributed by atoms with Crippen molar-refractivity contribution in [3.8, 4) is 11.1 Å². The summed E-state index contributed by atoms with van der Waals surface area (Å²) in [5, 5.41) is 9.49. The van der Waals surface area contributed by atoms with Gasteiger partial charge in [-0.05, 0) is 68.6 Å². The van der Waals surface area contributed by atoms with Gasteiger partial charge in [-0.15, -0.1) is 11.3 Å². The van der Waals surface area contributed by atoms with E-state index in [-0.39, 0.29) is 0 Å². The zero-order valence-electron chi connectivity index (χ0n) is 28.6. The van der Waals surface area contributed by atoms with Crippen LogP contribution in [0.4, 0.5) is 0 Å². The molecule has 0 saturated heterocycles. The fourth-order valence-electron chi connectivity index (χ4n) is 8.08. The molecule has 0 spiro atoms. The minimum Gasteiger partial charge on any atom is -0.456 e. The summed E-state index contributed by atoms with van der Waals surface area (Å²) in [5.41, 5.74) is 9.06. The summed E-state index contributed by atoms with van der Waals surface area (Å²) in [4.78, 5) is 10.8. The van der Waals surface area contributed by atoms with Gasteiger partial charge in [0.05, 0.1) is 11.4 Å². The number of thiophene rings is 1. The molecule has 0 atom stereocenters. The van der Waals surface area contributed by atoms with E-state index in [1.54, 1.807) is 0 Å². The molecule has 4 heteroatoms. The van der Waals surface area contributed by atoms with Crippen molar-refractivity contribution < 1.29 is 4.42 Å². The molecule has 0 amide bonds. The van der Waals surface area contributed by atoms with Gasteiger partial charge in [-0.1, -0.05) is 140 Å². The number of fused-ring (bicyclic) bond motifs is 9. The molecule has 3 nitrogen and oxygen atoms in total. The molecule has 53 heavy (non-hydrogen) atoms. The minimum absolute atomic E-state index is 0.655. The quantitative estimate of drug-likeness (QED) is 0.169. The topological polar surface area (TPSA) is 37.9 Å². The zero-order chi connectivity index (χ0) is 34.9. The fourth-order valence-corrected chi connectivity index (χ4v) is 9.31. The summed E-state index contributed by atoms with van der Waals surface area (Å²) in [5.74, 6) is 0.678. The van der Waals surface area contributed by atoms with Gasteiger partial charge in [0.25, 0.3) is 0 Å². The molecule has 0 radical (unpaired) electrons. The molecule has 0 saturated carbocycles. The predicted octanol–water partition coefficient (Wildman–Crippen LogP) is 13.6. The SMILES string of the molecule is C1=C(c2cc3ccccc3c3ccccc23)N=C(c2cccc3oc4cc(-c5cccc6c5sc5ccccc56)ccc4c23)N=C(c2ccccc2)C1. The van der Waals surface area contributed by atoms with Crippen LogP contribution in [0.5, 0.6) is 0 Å². The second-order valence-corrected chi connectivity index (χ2v) is 14.7. The van der Waals surface area contributed by atoms with Crippen LogP contribution < -0.4 is 0 Å². The summed E-state index contributed by atoms with van der Waals surface area (Å²) >= 11 is 1.85. The first-order valence-electron chi connectivity index (χ1n) is 18.0. The number of furan rings is 1. The van der Waals surface area contributed by atoms with Gasteiger partial charge in [0, 0.05) is 48.5 Å². The predicted molar refractivity (Wildman–Crippen MR) is 226 cm³/mol. The molecule has 0 unspecified atom stereocenters. The van der Waals surface area contributed by atoms with Crippen LogP contribution in [0.2, 0.25) is 0 Å². The van der Waals surface area contributed by atoms with E-state index in [0.717, 1.165) is 55.6 Å². The van der Waals surface area contributed by atoms with Crippen LogP contribution in [0.3, 0.4) is 0 Å². The van der Waals surface area contributed by atoms with E-state index in [1.165, 1.54) is 47.3 Å². The highest BCUT2D eigenvalue weighted by atomic mass is 32.1. The summed E-state index contributed by atoms with van der Waals surface area (Å²) in [6.07, 6.45) is 2.89. The molecule has 3 heterocycles. The summed E-state index contributed by atoms with van der Waals surface area (Å²) in [6, 6.07) is 58.1. The Morgan fingerprint density at radius 1 is 0.472 bits per heavy atom. The van der Waals surface area contributed by atoms with Crippen LogP contribution in [-0.2, 0) is 0 Å². The van der Waals surface area contributed by atoms with Gasteiger partial charge in [-0.25, -0.2) is 9.98 Å². The van der Waals surface area contributed by atoms with E-state index in [0.29, 0.717) is 12.3 Å². The molecule has 10 aromatic rings. The number of hydrogen-bond donors (Lipinski definition) is 0. The van der Waals surface area contributed by atoms with Gasteiger partial charge in [-0.2, -0.15) is 0 Å². The van der Waals surface area contributed by atoms with Gasteiger partial charge in [0.15, 0.2) is 5.84 Å². The first-order chi connectivity index (χ1) is 26.3.